The van der Waals surface area contributed by atoms with Gasteiger partial charge in [-0.25, -0.2) is 9.97 Å². The standard InChI is InChI=1S/C17H14Cl2N4OS/c18-11-3-1-10(12(19)9-11)2-5-15(24)23-16-6-4-14(25-16)13-7-8-21-17(20)22-13/h1,3-4,6-9H,2,5H2,(H,23,24)(H2,20,21,22). The van der Waals surface area contributed by atoms with Crippen molar-refractivity contribution in [3.63, 3.8) is 0 Å². The molecule has 0 aliphatic heterocycles. The zero-order valence-electron chi connectivity index (χ0n) is 13.0. The zero-order valence-corrected chi connectivity index (χ0v) is 15.3. The number of carbonyl (C=O) groups is 1. The molecule has 8 heteroatoms. The molecule has 2 heterocycles. The lowest BCUT2D eigenvalue weighted by Crippen LogP contribution is -2.11. The summed E-state index contributed by atoms with van der Waals surface area (Å²) in [6.45, 7) is 0. The van der Waals surface area contributed by atoms with Gasteiger partial charge in [0.25, 0.3) is 0 Å². The van der Waals surface area contributed by atoms with E-state index in [1.165, 1.54) is 11.3 Å². The van der Waals surface area contributed by atoms with E-state index in [9.17, 15) is 4.79 Å². The third-order valence-corrected chi connectivity index (χ3v) is 5.04. The number of nitrogens with one attached hydrogen (secondary N) is 1. The van der Waals surface area contributed by atoms with Crippen molar-refractivity contribution in [3.05, 3.63) is 58.2 Å². The Hall–Kier alpha value is -2.15. The number of halogens is 2. The minimum absolute atomic E-state index is 0.0818. The molecule has 0 radical (unpaired) electrons. The quantitative estimate of drug-likeness (QED) is 0.660. The molecule has 3 rings (SSSR count). The van der Waals surface area contributed by atoms with Gasteiger partial charge in [-0.3, -0.25) is 4.79 Å². The van der Waals surface area contributed by atoms with E-state index in [4.69, 9.17) is 28.9 Å². The number of aromatic nitrogens is 2. The van der Waals surface area contributed by atoms with Gasteiger partial charge in [-0.15, -0.1) is 11.3 Å². The molecule has 0 bridgehead atoms. The zero-order chi connectivity index (χ0) is 17.8. The van der Waals surface area contributed by atoms with Crippen LogP contribution in [0, 0.1) is 0 Å². The first-order valence-electron chi connectivity index (χ1n) is 7.44. The molecule has 25 heavy (non-hydrogen) atoms. The Morgan fingerprint density at radius 2 is 2.04 bits per heavy atom. The van der Waals surface area contributed by atoms with Gasteiger partial charge in [-0.2, -0.15) is 0 Å². The minimum atomic E-state index is -0.0818. The predicted octanol–water partition coefficient (Wildman–Crippen LogP) is 4.67. The van der Waals surface area contributed by atoms with Crippen LogP contribution in [0.15, 0.2) is 42.6 Å². The molecule has 3 N–H and O–H groups in total. The molecule has 0 atom stereocenters. The molecule has 0 spiro atoms. The van der Waals surface area contributed by atoms with Crippen LogP contribution in [0.2, 0.25) is 10.0 Å². The number of rotatable bonds is 5. The SMILES string of the molecule is Nc1nccc(-c2ccc(NC(=O)CCc3ccc(Cl)cc3Cl)s2)n1. The second-order valence-electron chi connectivity index (χ2n) is 5.25. The number of nitrogens with two attached hydrogens (primary N) is 1. The largest absolute Gasteiger partial charge is 0.368 e. The third kappa shape index (κ3) is 4.69. The van der Waals surface area contributed by atoms with Crippen LogP contribution in [0.5, 0.6) is 0 Å². The van der Waals surface area contributed by atoms with Crippen molar-refractivity contribution in [1.82, 2.24) is 9.97 Å². The van der Waals surface area contributed by atoms with Crippen molar-refractivity contribution in [1.29, 1.82) is 0 Å². The number of hydrogen-bond acceptors (Lipinski definition) is 5. The first-order valence-corrected chi connectivity index (χ1v) is 9.01. The molecule has 0 fully saturated rings. The van der Waals surface area contributed by atoms with Gasteiger partial charge in [0.2, 0.25) is 11.9 Å². The normalized spacial score (nSPS) is 10.6. The second-order valence-corrected chi connectivity index (χ2v) is 7.18. The summed E-state index contributed by atoms with van der Waals surface area (Å²) in [4.78, 5) is 21.1. The highest BCUT2D eigenvalue weighted by molar-refractivity contribution is 7.19. The number of anilines is 2. The van der Waals surface area contributed by atoms with Crippen LogP contribution in [0.3, 0.4) is 0 Å². The summed E-state index contributed by atoms with van der Waals surface area (Å²) in [5, 5.41) is 4.78. The summed E-state index contributed by atoms with van der Waals surface area (Å²) < 4.78 is 0. The first kappa shape index (κ1) is 17.7. The van der Waals surface area contributed by atoms with Crippen LogP contribution in [-0.2, 0) is 11.2 Å². The topological polar surface area (TPSA) is 80.9 Å². The fourth-order valence-corrected chi connectivity index (χ4v) is 3.62. The number of nitrogens with zero attached hydrogens (tertiary/aromatic N) is 2. The number of amides is 1. The van der Waals surface area contributed by atoms with Crippen molar-refractivity contribution >= 4 is 51.4 Å². The highest BCUT2D eigenvalue weighted by Crippen LogP contribution is 2.30. The van der Waals surface area contributed by atoms with Crippen LogP contribution in [0.1, 0.15) is 12.0 Å². The lowest BCUT2D eigenvalue weighted by Gasteiger charge is -2.05. The summed E-state index contributed by atoms with van der Waals surface area (Å²) in [6, 6.07) is 10.8. The van der Waals surface area contributed by atoms with Crippen LogP contribution < -0.4 is 11.1 Å². The van der Waals surface area contributed by atoms with Crippen molar-refractivity contribution in [2.75, 3.05) is 11.1 Å². The Kier molecular flexibility index (Phi) is 5.53. The van der Waals surface area contributed by atoms with Gasteiger partial charge in [0.15, 0.2) is 0 Å². The highest BCUT2D eigenvalue weighted by atomic mass is 35.5. The predicted molar refractivity (Wildman–Crippen MR) is 103 cm³/mol. The maximum Gasteiger partial charge on any atom is 0.225 e. The third-order valence-electron chi connectivity index (χ3n) is 3.43. The lowest BCUT2D eigenvalue weighted by molar-refractivity contribution is -0.116. The Bertz CT molecular complexity index is 913. The summed E-state index contributed by atoms with van der Waals surface area (Å²) in [7, 11) is 0. The Morgan fingerprint density at radius 1 is 1.20 bits per heavy atom. The van der Waals surface area contributed by atoms with Gasteiger partial charge in [-0.05, 0) is 42.3 Å². The molecular weight excluding hydrogens is 379 g/mol. The number of thiophene rings is 1. The maximum absolute atomic E-state index is 12.1. The summed E-state index contributed by atoms with van der Waals surface area (Å²) in [5.74, 6) is 0.137. The molecule has 2 aromatic heterocycles. The molecule has 0 aliphatic rings. The van der Waals surface area contributed by atoms with Gasteiger partial charge in [-0.1, -0.05) is 29.3 Å². The van der Waals surface area contributed by atoms with E-state index < -0.39 is 0 Å². The molecule has 0 saturated heterocycles. The summed E-state index contributed by atoms with van der Waals surface area (Å²) >= 11 is 13.4. The first-order chi connectivity index (χ1) is 12.0. The lowest BCUT2D eigenvalue weighted by atomic mass is 10.1. The van der Waals surface area contributed by atoms with Crippen molar-refractivity contribution in [2.24, 2.45) is 0 Å². The number of hydrogen-bond donors (Lipinski definition) is 2. The van der Waals surface area contributed by atoms with Crippen molar-refractivity contribution in [2.45, 2.75) is 12.8 Å². The van der Waals surface area contributed by atoms with Crippen LogP contribution in [-0.4, -0.2) is 15.9 Å². The van der Waals surface area contributed by atoms with Gasteiger partial charge in [0, 0.05) is 22.7 Å². The van der Waals surface area contributed by atoms with E-state index in [0.29, 0.717) is 22.9 Å². The smallest absolute Gasteiger partial charge is 0.225 e. The van der Waals surface area contributed by atoms with E-state index in [0.717, 1.165) is 21.1 Å². The van der Waals surface area contributed by atoms with E-state index in [-0.39, 0.29) is 11.9 Å². The Morgan fingerprint density at radius 3 is 2.80 bits per heavy atom. The summed E-state index contributed by atoms with van der Waals surface area (Å²) in [6.07, 6.45) is 2.48. The van der Waals surface area contributed by atoms with Gasteiger partial charge in [0.1, 0.15) is 0 Å². The van der Waals surface area contributed by atoms with Crippen LogP contribution >= 0.6 is 34.5 Å². The van der Waals surface area contributed by atoms with E-state index in [1.54, 1.807) is 24.4 Å². The number of benzene rings is 1. The number of aryl methyl sites for hydroxylation is 1. The van der Waals surface area contributed by atoms with Crippen molar-refractivity contribution < 1.29 is 4.79 Å². The average Bonchev–Trinajstić information content (AvgIpc) is 3.02. The summed E-state index contributed by atoms with van der Waals surface area (Å²) in [5.41, 5.74) is 7.21. The van der Waals surface area contributed by atoms with Gasteiger partial charge >= 0.3 is 0 Å². The van der Waals surface area contributed by atoms with Crippen LogP contribution in [0.4, 0.5) is 10.9 Å². The molecule has 128 valence electrons. The molecule has 1 amide bonds. The molecule has 5 nitrogen and oxygen atoms in total. The minimum Gasteiger partial charge on any atom is -0.368 e. The monoisotopic (exact) mass is 392 g/mol. The second kappa shape index (κ2) is 7.82. The molecular formula is C17H14Cl2N4OS. The Labute approximate surface area is 158 Å². The molecule has 0 unspecified atom stereocenters. The fraction of sp³-hybridized carbons (Fsp3) is 0.118. The molecule has 3 aromatic rings. The highest BCUT2D eigenvalue weighted by Gasteiger charge is 2.09. The van der Waals surface area contributed by atoms with Crippen LogP contribution in [0.25, 0.3) is 10.6 Å². The van der Waals surface area contributed by atoms with Crippen molar-refractivity contribution in [3.8, 4) is 10.6 Å². The average molecular weight is 393 g/mol. The van der Waals surface area contributed by atoms with Gasteiger partial charge < -0.3 is 11.1 Å². The van der Waals surface area contributed by atoms with Gasteiger partial charge in [0.05, 0.1) is 15.6 Å². The molecule has 0 aliphatic carbocycles. The van der Waals surface area contributed by atoms with E-state index in [2.05, 4.69) is 15.3 Å². The Balaban J connectivity index is 1.60. The number of carbonyl (C=O) groups excluding carboxylic acids is 1. The van der Waals surface area contributed by atoms with E-state index in [1.807, 2.05) is 18.2 Å². The number of nitrogen functional groups attached to an aromatic ring is 1. The fourth-order valence-electron chi connectivity index (χ4n) is 2.23. The molecule has 1 aromatic carbocycles. The maximum atomic E-state index is 12.1. The van der Waals surface area contributed by atoms with E-state index >= 15 is 0 Å². The molecule has 0 saturated carbocycles.